The van der Waals surface area contributed by atoms with Crippen molar-refractivity contribution in [3.8, 4) is 0 Å². The Morgan fingerprint density at radius 1 is 1.00 bits per heavy atom. The van der Waals surface area contributed by atoms with E-state index in [1.807, 2.05) is 48.2 Å². The number of nitrogens with one attached hydrogen (secondary N) is 2. The SMILES string of the molecule is Cc1cccc(CS(=O)(=O)CC2Nc3ccc(C(=O)N4CCc5ccccc5C4)cc3NC2=O)c1. The molecule has 180 valence electrons. The van der Waals surface area contributed by atoms with E-state index in [1.54, 1.807) is 24.3 Å². The molecular formula is C27H27N3O4S. The fraction of sp³-hybridized carbons (Fsp3) is 0.259. The highest BCUT2D eigenvalue weighted by Gasteiger charge is 2.31. The van der Waals surface area contributed by atoms with Crippen LogP contribution in [-0.4, -0.2) is 43.5 Å². The topological polar surface area (TPSA) is 95.6 Å². The second kappa shape index (κ2) is 9.19. The summed E-state index contributed by atoms with van der Waals surface area (Å²) in [5, 5.41) is 5.83. The number of hydrogen-bond acceptors (Lipinski definition) is 5. The molecule has 5 rings (SSSR count). The molecule has 2 aliphatic rings. The highest BCUT2D eigenvalue weighted by molar-refractivity contribution is 7.90. The van der Waals surface area contributed by atoms with Crippen LogP contribution in [-0.2, 0) is 33.4 Å². The van der Waals surface area contributed by atoms with Crippen LogP contribution in [0.4, 0.5) is 11.4 Å². The Hall–Kier alpha value is -3.65. The number of nitrogens with zero attached hydrogens (tertiary/aromatic N) is 1. The highest BCUT2D eigenvalue weighted by Crippen LogP contribution is 2.30. The lowest BCUT2D eigenvalue weighted by Gasteiger charge is -2.30. The predicted molar refractivity (Wildman–Crippen MR) is 136 cm³/mol. The Morgan fingerprint density at radius 3 is 2.60 bits per heavy atom. The van der Waals surface area contributed by atoms with Crippen LogP contribution in [0.3, 0.4) is 0 Å². The normalized spacial score (nSPS) is 17.1. The molecule has 2 N–H and O–H groups in total. The molecule has 35 heavy (non-hydrogen) atoms. The van der Waals surface area contributed by atoms with E-state index < -0.39 is 21.8 Å². The highest BCUT2D eigenvalue weighted by atomic mass is 32.2. The van der Waals surface area contributed by atoms with Gasteiger partial charge in [0.15, 0.2) is 9.84 Å². The summed E-state index contributed by atoms with van der Waals surface area (Å²) >= 11 is 0. The summed E-state index contributed by atoms with van der Waals surface area (Å²) in [6.45, 7) is 3.10. The lowest BCUT2D eigenvalue weighted by molar-refractivity contribution is -0.116. The van der Waals surface area contributed by atoms with Gasteiger partial charge in [-0.1, -0.05) is 54.1 Å². The molecule has 0 bridgehead atoms. The number of benzene rings is 3. The fourth-order valence-electron chi connectivity index (χ4n) is 4.72. The minimum absolute atomic E-state index is 0.0978. The zero-order chi connectivity index (χ0) is 24.6. The number of sulfone groups is 1. The van der Waals surface area contributed by atoms with Crippen molar-refractivity contribution in [3.63, 3.8) is 0 Å². The van der Waals surface area contributed by atoms with Crippen LogP contribution in [0.2, 0.25) is 0 Å². The second-order valence-electron chi connectivity index (χ2n) is 9.24. The zero-order valence-corrected chi connectivity index (χ0v) is 20.3. The Labute approximate surface area is 205 Å². The van der Waals surface area contributed by atoms with Crippen LogP contribution in [0.1, 0.15) is 32.6 Å². The summed E-state index contributed by atoms with van der Waals surface area (Å²) in [6.07, 6.45) is 0.809. The van der Waals surface area contributed by atoms with Crippen LogP contribution in [0, 0.1) is 6.92 Å². The molecule has 3 aromatic rings. The number of rotatable bonds is 5. The van der Waals surface area contributed by atoms with Gasteiger partial charge in [0.1, 0.15) is 6.04 Å². The second-order valence-corrected chi connectivity index (χ2v) is 11.3. The smallest absolute Gasteiger partial charge is 0.254 e. The summed E-state index contributed by atoms with van der Waals surface area (Å²) in [5.74, 6) is -0.972. The van der Waals surface area contributed by atoms with Crippen LogP contribution < -0.4 is 10.6 Å². The van der Waals surface area contributed by atoms with E-state index in [-0.39, 0.29) is 17.4 Å². The summed E-state index contributed by atoms with van der Waals surface area (Å²) in [4.78, 5) is 27.7. The van der Waals surface area contributed by atoms with Crippen molar-refractivity contribution in [2.45, 2.75) is 31.7 Å². The van der Waals surface area contributed by atoms with Crippen molar-refractivity contribution in [2.24, 2.45) is 0 Å². The first-order valence-corrected chi connectivity index (χ1v) is 13.4. The van der Waals surface area contributed by atoms with Crippen LogP contribution in [0.5, 0.6) is 0 Å². The number of hydrogen-bond donors (Lipinski definition) is 2. The zero-order valence-electron chi connectivity index (χ0n) is 19.5. The van der Waals surface area contributed by atoms with Crippen molar-refractivity contribution >= 4 is 33.0 Å². The summed E-state index contributed by atoms with van der Waals surface area (Å²) < 4.78 is 25.5. The summed E-state index contributed by atoms with van der Waals surface area (Å²) in [7, 11) is -3.53. The number of carbonyl (C=O) groups excluding carboxylic acids is 2. The molecule has 8 heteroatoms. The minimum Gasteiger partial charge on any atom is -0.371 e. The Kier molecular flexibility index (Phi) is 6.06. The molecule has 0 fully saturated rings. The van der Waals surface area contributed by atoms with Crippen molar-refractivity contribution < 1.29 is 18.0 Å². The average molecular weight is 490 g/mol. The van der Waals surface area contributed by atoms with Crippen molar-refractivity contribution in [3.05, 3.63) is 94.5 Å². The molecule has 2 aliphatic heterocycles. The molecule has 0 saturated heterocycles. The first-order chi connectivity index (χ1) is 16.8. The van der Waals surface area contributed by atoms with Gasteiger partial charge in [-0.05, 0) is 48.2 Å². The maximum absolute atomic E-state index is 13.1. The van der Waals surface area contributed by atoms with Gasteiger partial charge >= 0.3 is 0 Å². The fourth-order valence-corrected chi connectivity index (χ4v) is 6.27. The molecule has 0 spiro atoms. The largest absolute Gasteiger partial charge is 0.371 e. The first kappa shape index (κ1) is 23.1. The Morgan fingerprint density at radius 2 is 1.80 bits per heavy atom. The number of amides is 2. The number of fused-ring (bicyclic) bond motifs is 2. The molecular weight excluding hydrogens is 462 g/mol. The molecule has 0 radical (unpaired) electrons. The average Bonchev–Trinajstić information content (AvgIpc) is 2.83. The lowest BCUT2D eigenvalue weighted by atomic mass is 9.99. The molecule has 0 aromatic heterocycles. The third kappa shape index (κ3) is 5.07. The molecule has 0 aliphatic carbocycles. The Balaban J connectivity index is 1.28. The van der Waals surface area contributed by atoms with Crippen LogP contribution in [0.15, 0.2) is 66.7 Å². The summed E-state index contributed by atoms with van der Waals surface area (Å²) in [6, 6.07) is 19.6. The molecule has 1 unspecified atom stereocenters. The molecule has 1 atom stereocenters. The van der Waals surface area contributed by atoms with E-state index in [9.17, 15) is 18.0 Å². The third-order valence-electron chi connectivity index (χ3n) is 6.48. The maximum atomic E-state index is 13.1. The van der Waals surface area contributed by atoms with E-state index >= 15 is 0 Å². The van der Waals surface area contributed by atoms with Crippen LogP contribution >= 0.6 is 0 Å². The predicted octanol–water partition coefficient (Wildman–Crippen LogP) is 3.54. The van der Waals surface area contributed by atoms with Gasteiger partial charge in [0.2, 0.25) is 5.91 Å². The van der Waals surface area contributed by atoms with Gasteiger partial charge in [-0.25, -0.2) is 8.42 Å². The van der Waals surface area contributed by atoms with Gasteiger partial charge in [0, 0.05) is 18.7 Å². The van der Waals surface area contributed by atoms with E-state index in [0.29, 0.717) is 35.6 Å². The van der Waals surface area contributed by atoms with Gasteiger partial charge in [-0.2, -0.15) is 0 Å². The quantitative estimate of drug-likeness (QED) is 0.572. The maximum Gasteiger partial charge on any atom is 0.254 e. The van der Waals surface area contributed by atoms with Crippen LogP contribution in [0.25, 0.3) is 0 Å². The number of anilines is 2. The van der Waals surface area contributed by atoms with E-state index in [0.717, 1.165) is 17.5 Å². The third-order valence-corrected chi connectivity index (χ3v) is 8.09. The van der Waals surface area contributed by atoms with Gasteiger partial charge in [0.25, 0.3) is 5.91 Å². The van der Waals surface area contributed by atoms with Crippen molar-refractivity contribution in [2.75, 3.05) is 22.9 Å². The molecule has 2 heterocycles. The lowest BCUT2D eigenvalue weighted by Crippen LogP contribution is -2.44. The first-order valence-electron chi connectivity index (χ1n) is 11.6. The number of aryl methyl sites for hydroxylation is 1. The van der Waals surface area contributed by atoms with Crippen molar-refractivity contribution in [1.82, 2.24) is 4.90 Å². The molecule has 0 saturated carbocycles. The molecule has 7 nitrogen and oxygen atoms in total. The monoisotopic (exact) mass is 489 g/mol. The summed E-state index contributed by atoms with van der Waals surface area (Å²) in [5.41, 5.74) is 5.66. The molecule has 2 amide bonds. The van der Waals surface area contributed by atoms with Gasteiger partial charge in [0.05, 0.1) is 22.9 Å². The Bertz CT molecular complexity index is 1420. The van der Waals surface area contributed by atoms with Crippen molar-refractivity contribution in [1.29, 1.82) is 0 Å². The number of carbonyl (C=O) groups is 2. The molecule has 3 aromatic carbocycles. The van der Waals surface area contributed by atoms with E-state index in [2.05, 4.69) is 16.7 Å². The standard InChI is InChI=1S/C27H27N3O4S/c1-18-5-4-6-19(13-18)16-35(33,34)17-25-26(31)29-24-14-21(9-10-23(24)28-25)27(32)30-12-11-20-7-2-3-8-22(20)15-30/h2-10,13-14,25,28H,11-12,15-17H2,1H3,(H,29,31). The van der Waals surface area contributed by atoms with E-state index in [1.165, 1.54) is 5.56 Å². The van der Waals surface area contributed by atoms with E-state index in [4.69, 9.17) is 0 Å². The van der Waals surface area contributed by atoms with Gasteiger partial charge in [-0.3, -0.25) is 9.59 Å². The van der Waals surface area contributed by atoms with Gasteiger partial charge in [-0.15, -0.1) is 0 Å². The minimum atomic E-state index is -3.53. The van der Waals surface area contributed by atoms with Gasteiger partial charge < -0.3 is 15.5 Å².